The lowest BCUT2D eigenvalue weighted by Crippen LogP contribution is -2.10. The molecule has 0 spiro atoms. The SMILES string of the molecule is C#CC1CCOP(=O)(OC)S1. The molecule has 1 rings (SSSR count). The summed E-state index contributed by atoms with van der Waals surface area (Å²) in [6.07, 6.45) is 5.92. The van der Waals surface area contributed by atoms with E-state index in [0.717, 1.165) is 17.8 Å². The van der Waals surface area contributed by atoms with Crippen LogP contribution in [0.15, 0.2) is 0 Å². The van der Waals surface area contributed by atoms with Gasteiger partial charge in [0.05, 0.1) is 11.9 Å². The fraction of sp³-hybridized carbons (Fsp3) is 0.667. The minimum absolute atomic E-state index is 0.0328. The Bertz CT molecular complexity index is 222. The molecule has 11 heavy (non-hydrogen) atoms. The maximum atomic E-state index is 11.4. The molecule has 0 bridgehead atoms. The van der Waals surface area contributed by atoms with Gasteiger partial charge in [0.25, 0.3) is 0 Å². The molecular weight excluding hydrogens is 183 g/mol. The molecule has 1 aliphatic rings. The lowest BCUT2D eigenvalue weighted by Gasteiger charge is -2.23. The number of rotatable bonds is 1. The van der Waals surface area contributed by atoms with E-state index in [1.54, 1.807) is 0 Å². The van der Waals surface area contributed by atoms with Crippen molar-refractivity contribution in [1.82, 2.24) is 0 Å². The molecule has 0 N–H and O–H groups in total. The first-order valence-corrected chi connectivity index (χ1v) is 6.18. The molecule has 3 nitrogen and oxygen atoms in total. The van der Waals surface area contributed by atoms with Gasteiger partial charge in [0.15, 0.2) is 0 Å². The molecule has 0 aromatic rings. The van der Waals surface area contributed by atoms with Gasteiger partial charge in [0.2, 0.25) is 0 Å². The van der Waals surface area contributed by atoms with Gasteiger partial charge in [-0.2, -0.15) is 0 Å². The van der Waals surface area contributed by atoms with Crippen LogP contribution in [0.1, 0.15) is 6.42 Å². The predicted molar refractivity (Wildman–Crippen MR) is 45.4 cm³/mol. The minimum Gasteiger partial charge on any atom is -0.304 e. The van der Waals surface area contributed by atoms with Crippen molar-refractivity contribution in [3.8, 4) is 12.3 Å². The van der Waals surface area contributed by atoms with E-state index in [9.17, 15) is 4.57 Å². The quantitative estimate of drug-likeness (QED) is 0.469. The highest BCUT2D eigenvalue weighted by Gasteiger charge is 2.32. The van der Waals surface area contributed by atoms with E-state index in [4.69, 9.17) is 15.5 Å². The predicted octanol–water partition coefficient (Wildman–Crippen LogP) is 1.90. The average Bonchev–Trinajstić information content (AvgIpc) is 2.05. The molecular formula is C6H9O3PS. The maximum absolute atomic E-state index is 11.4. The summed E-state index contributed by atoms with van der Waals surface area (Å²) in [5.74, 6) is 2.52. The van der Waals surface area contributed by atoms with Crippen LogP contribution in [0, 0.1) is 12.3 Å². The molecule has 62 valence electrons. The Morgan fingerprint density at radius 2 is 2.64 bits per heavy atom. The summed E-state index contributed by atoms with van der Waals surface area (Å²) < 4.78 is 21.1. The first kappa shape index (κ1) is 9.15. The Balaban J connectivity index is 2.61. The van der Waals surface area contributed by atoms with Gasteiger partial charge >= 0.3 is 6.80 Å². The summed E-state index contributed by atoms with van der Waals surface area (Å²) in [6.45, 7) is -2.47. The van der Waals surface area contributed by atoms with E-state index in [0.29, 0.717) is 6.61 Å². The number of hydrogen-bond donors (Lipinski definition) is 0. The standard InChI is InChI=1S/C6H9O3PS/c1-3-6-4-5-9-10(7,8-2)11-6/h1,6H,4-5H2,2H3. The van der Waals surface area contributed by atoms with E-state index < -0.39 is 6.80 Å². The zero-order valence-corrected chi connectivity index (χ0v) is 7.86. The molecule has 0 radical (unpaired) electrons. The summed E-state index contributed by atoms with van der Waals surface area (Å²) in [5, 5.41) is -0.0328. The maximum Gasteiger partial charge on any atom is 0.390 e. The van der Waals surface area contributed by atoms with Crippen molar-refractivity contribution in [1.29, 1.82) is 0 Å². The second-order valence-corrected chi connectivity index (χ2v) is 6.28. The van der Waals surface area contributed by atoms with Gasteiger partial charge in [-0.25, -0.2) is 4.57 Å². The third kappa shape index (κ3) is 2.25. The number of terminal acetylenes is 1. The molecule has 0 aromatic heterocycles. The fourth-order valence-electron chi connectivity index (χ4n) is 0.720. The van der Waals surface area contributed by atoms with Crippen LogP contribution in [0.4, 0.5) is 0 Å². The summed E-state index contributed by atoms with van der Waals surface area (Å²) >= 11 is 1.11. The topological polar surface area (TPSA) is 35.5 Å². The second kappa shape index (κ2) is 3.64. The van der Waals surface area contributed by atoms with Crippen LogP contribution >= 0.6 is 18.2 Å². The Morgan fingerprint density at radius 1 is 1.91 bits per heavy atom. The summed E-state index contributed by atoms with van der Waals surface area (Å²) in [6, 6.07) is 0. The first-order valence-electron chi connectivity index (χ1n) is 3.15. The lowest BCUT2D eigenvalue weighted by molar-refractivity contribution is 0.244. The molecule has 0 aliphatic carbocycles. The Morgan fingerprint density at radius 3 is 3.18 bits per heavy atom. The monoisotopic (exact) mass is 192 g/mol. The van der Waals surface area contributed by atoms with Crippen LogP contribution in [0.3, 0.4) is 0 Å². The van der Waals surface area contributed by atoms with Crippen molar-refractivity contribution in [3.63, 3.8) is 0 Å². The Hall–Kier alpha value is 0.0600. The van der Waals surface area contributed by atoms with Gasteiger partial charge in [0, 0.05) is 7.11 Å². The van der Waals surface area contributed by atoms with Crippen LogP contribution in [0.2, 0.25) is 0 Å². The molecule has 1 saturated heterocycles. The van der Waals surface area contributed by atoms with Crippen molar-refractivity contribution in [2.24, 2.45) is 0 Å². The van der Waals surface area contributed by atoms with E-state index in [2.05, 4.69) is 5.92 Å². The Labute approximate surface area is 70.1 Å². The lowest BCUT2D eigenvalue weighted by atomic mass is 10.3. The fourth-order valence-corrected chi connectivity index (χ4v) is 3.97. The third-order valence-corrected chi connectivity index (χ3v) is 5.43. The Kier molecular flexibility index (Phi) is 3.03. The molecule has 0 saturated carbocycles. The summed E-state index contributed by atoms with van der Waals surface area (Å²) in [4.78, 5) is 0. The summed E-state index contributed by atoms with van der Waals surface area (Å²) in [7, 11) is 1.37. The van der Waals surface area contributed by atoms with Crippen molar-refractivity contribution >= 4 is 18.2 Å². The highest BCUT2D eigenvalue weighted by Crippen LogP contribution is 2.64. The molecule has 1 heterocycles. The molecule has 1 fully saturated rings. The first-order chi connectivity index (χ1) is 5.20. The van der Waals surface area contributed by atoms with Gasteiger partial charge in [0.1, 0.15) is 0 Å². The van der Waals surface area contributed by atoms with E-state index in [1.165, 1.54) is 7.11 Å². The average molecular weight is 192 g/mol. The van der Waals surface area contributed by atoms with E-state index >= 15 is 0 Å². The molecule has 2 unspecified atom stereocenters. The summed E-state index contributed by atoms with van der Waals surface area (Å²) in [5.41, 5.74) is 0. The molecule has 1 aliphatic heterocycles. The van der Waals surface area contributed by atoms with Crippen molar-refractivity contribution in [3.05, 3.63) is 0 Å². The normalized spacial score (nSPS) is 38.0. The molecule has 5 heteroatoms. The van der Waals surface area contributed by atoms with Gasteiger partial charge in [-0.15, -0.1) is 6.42 Å². The second-order valence-electron chi connectivity index (χ2n) is 2.01. The van der Waals surface area contributed by atoms with Gasteiger partial charge in [-0.3, -0.25) is 0 Å². The van der Waals surface area contributed by atoms with E-state index in [1.807, 2.05) is 0 Å². The van der Waals surface area contributed by atoms with Crippen molar-refractivity contribution < 1.29 is 13.6 Å². The van der Waals surface area contributed by atoms with Crippen LogP contribution in [-0.2, 0) is 13.6 Å². The highest BCUT2D eigenvalue weighted by atomic mass is 32.7. The van der Waals surface area contributed by atoms with Crippen molar-refractivity contribution in [2.45, 2.75) is 11.7 Å². The number of hydrogen-bond acceptors (Lipinski definition) is 4. The third-order valence-electron chi connectivity index (χ3n) is 1.30. The van der Waals surface area contributed by atoms with Crippen molar-refractivity contribution in [2.75, 3.05) is 13.7 Å². The zero-order valence-electron chi connectivity index (χ0n) is 6.15. The van der Waals surface area contributed by atoms with Crippen LogP contribution in [-0.4, -0.2) is 19.0 Å². The largest absolute Gasteiger partial charge is 0.390 e. The van der Waals surface area contributed by atoms with Gasteiger partial charge < -0.3 is 9.05 Å². The van der Waals surface area contributed by atoms with Gasteiger partial charge in [-0.1, -0.05) is 5.92 Å². The van der Waals surface area contributed by atoms with Crippen LogP contribution in [0.5, 0.6) is 0 Å². The zero-order chi connectivity index (χ0) is 8.32. The van der Waals surface area contributed by atoms with Gasteiger partial charge in [-0.05, 0) is 17.8 Å². The van der Waals surface area contributed by atoms with Crippen LogP contribution < -0.4 is 0 Å². The van der Waals surface area contributed by atoms with E-state index in [-0.39, 0.29) is 5.25 Å². The molecule has 2 atom stereocenters. The molecule has 0 aromatic carbocycles. The minimum atomic E-state index is -2.89. The van der Waals surface area contributed by atoms with Crippen LogP contribution in [0.25, 0.3) is 0 Å². The molecule has 0 amide bonds. The smallest absolute Gasteiger partial charge is 0.304 e. The highest BCUT2D eigenvalue weighted by molar-refractivity contribution is 8.55.